The summed E-state index contributed by atoms with van der Waals surface area (Å²) in [6.45, 7) is 2.44. The number of carbonyl (C=O) groups is 4. The Hall–Kier alpha value is -3.68. The molecule has 8 bridgehead atoms. The molecule has 0 radical (unpaired) electrons. The summed E-state index contributed by atoms with van der Waals surface area (Å²) in [5.74, 6) is 11.5. The summed E-state index contributed by atoms with van der Waals surface area (Å²) in [5.41, 5.74) is 1.02. The average molecular weight is 814 g/mol. The number of esters is 2. The van der Waals surface area contributed by atoms with Crippen molar-refractivity contribution < 1.29 is 40.3 Å². The molecule has 0 aromatic carbocycles. The van der Waals surface area contributed by atoms with Crippen LogP contribution in [0.2, 0.25) is 0 Å². The van der Waals surface area contributed by atoms with E-state index in [4.69, 9.17) is 19.7 Å². The number of methoxy groups -OCH3 is 2. The van der Waals surface area contributed by atoms with Crippen LogP contribution in [-0.2, 0) is 28.7 Å². The maximum Gasteiger partial charge on any atom is 1.00 e. The molecule has 17 atom stereocenters. The van der Waals surface area contributed by atoms with Gasteiger partial charge in [-0.05, 0) is 172 Å². The van der Waals surface area contributed by atoms with Crippen molar-refractivity contribution in [1.82, 2.24) is 0 Å². The van der Waals surface area contributed by atoms with Crippen LogP contribution in [-0.4, -0.2) is 48.3 Å². The highest BCUT2D eigenvalue weighted by molar-refractivity contribution is 5.82. The Labute approximate surface area is 355 Å². The zero-order valence-corrected chi connectivity index (χ0v) is 35.2. The van der Waals surface area contributed by atoms with E-state index in [1.54, 1.807) is 25.7 Å². The number of ether oxygens (including phenoxy) is 2. The maximum atomic E-state index is 11.9. The molecular formula is C51H73O8+. The molecule has 59 heavy (non-hydrogen) atoms. The van der Waals surface area contributed by atoms with E-state index in [0.29, 0.717) is 23.7 Å². The fourth-order valence-corrected chi connectivity index (χ4v) is 14.1. The average Bonchev–Trinajstić information content (AvgIpc) is 4.05. The topological polar surface area (TPSA) is 127 Å². The summed E-state index contributed by atoms with van der Waals surface area (Å²) in [7, 11) is 2.67. The van der Waals surface area contributed by atoms with Crippen LogP contribution in [0.15, 0.2) is 72.4 Å². The molecule has 12 aliphatic carbocycles. The standard InChI is InChI=1S/C15H18O4.2C10H14.C10H12.C3H6O2.C2H4O2.CH4/c1-19-15(18)13(7-14(16)17)12-6-8-5-11(12)10-4-2-3-9(8)10;3*1-2-9-7-4-5-8(6-7)10(9)3-1;1-3(4)5-2;1-2(3)4;/h2-3,6,8-11,13H,4-5,7H2,1H3,(H,16,17);2*1-2,7-10H,3-6H2;1-2,4-5,7-10H,3,6H2;1-2H3;1H3,(H,3,4);1H4/p+1. The lowest BCUT2D eigenvalue weighted by molar-refractivity contribution is -0.149. The second kappa shape index (κ2) is 19.8. The van der Waals surface area contributed by atoms with Crippen molar-refractivity contribution in [3.05, 3.63) is 72.4 Å². The Bertz CT molecular complexity index is 1660. The predicted octanol–water partition coefficient (Wildman–Crippen LogP) is 10.6. The first-order chi connectivity index (χ1) is 28.0. The number of allylic oxidation sites excluding steroid dienone is 11. The third-order valence-corrected chi connectivity index (χ3v) is 16.5. The molecule has 0 saturated heterocycles. The lowest BCUT2D eigenvalue weighted by Gasteiger charge is -2.28. The molecule has 0 heterocycles. The number of hydrogen-bond donors (Lipinski definition) is 2. The summed E-state index contributed by atoms with van der Waals surface area (Å²) < 4.78 is 8.90. The maximum absolute atomic E-state index is 11.9. The van der Waals surface area contributed by atoms with Crippen molar-refractivity contribution in [3.63, 3.8) is 0 Å². The lowest BCUT2D eigenvalue weighted by Crippen LogP contribution is -2.28. The van der Waals surface area contributed by atoms with Crippen LogP contribution >= 0.6 is 0 Å². The molecule has 0 spiro atoms. The summed E-state index contributed by atoms with van der Waals surface area (Å²) in [5, 5.41) is 16.4. The molecule has 8 nitrogen and oxygen atoms in total. The van der Waals surface area contributed by atoms with Gasteiger partial charge < -0.3 is 19.7 Å². The summed E-state index contributed by atoms with van der Waals surface area (Å²) >= 11 is 0. The van der Waals surface area contributed by atoms with Gasteiger partial charge in [0, 0.05) is 13.8 Å². The van der Waals surface area contributed by atoms with Gasteiger partial charge in [-0.1, -0.05) is 79.8 Å². The van der Waals surface area contributed by atoms with Crippen molar-refractivity contribution in [2.75, 3.05) is 14.2 Å². The molecule has 6 fully saturated rings. The van der Waals surface area contributed by atoms with Crippen LogP contribution in [0, 0.1) is 101 Å². The van der Waals surface area contributed by atoms with E-state index < -0.39 is 23.8 Å². The third kappa shape index (κ3) is 9.78. The van der Waals surface area contributed by atoms with E-state index in [0.717, 1.165) is 96.4 Å². The molecular weight excluding hydrogens is 741 g/mol. The molecule has 0 aromatic heterocycles. The molecule has 12 rings (SSSR count). The minimum absolute atomic E-state index is 0. The van der Waals surface area contributed by atoms with Gasteiger partial charge in [-0.2, -0.15) is 0 Å². The van der Waals surface area contributed by atoms with E-state index in [-0.39, 0.29) is 21.2 Å². The Morgan fingerprint density at radius 2 is 1.07 bits per heavy atom. The highest BCUT2D eigenvalue weighted by Gasteiger charge is 2.51. The van der Waals surface area contributed by atoms with Crippen LogP contribution in [0.4, 0.5) is 0 Å². The SMILES string of the molecule is C.C1=CC2C3C=CC(C3)C2C1.C1=CC2C3CCC(C3)C2C1.C1=CC2C3CCC(C3)C2C1.CC(=O)O.COC(=O)C(CC(=O)O)C1=CC2CC1C1CC=CC21.COC(C)=O.[H+]. The molecule has 0 aromatic rings. The lowest BCUT2D eigenvalue weighted by atomic mass is 9.76. The fourth-order valence-electron chi connectivity index (χ4n) is 14.1. The van der Waals surface area contributed by atoms with Crippen molar-refractivity contribution in [1.29, 1.82) is 0 Å². The highest BCUT2D eigenvalue weighted by Crippen LogP contribution is 2.59. The minimum Gasteiger partial charge on any atom is -0.481 e. The van der Waals surface area contributed by atoms with Crippen molar-refractivity contribution >= 4 is 23.9 Å². The van der Waals surface area contributed by atoms with Crippen molar-refractivity contribution in [2.45, 2.75) is 105 Å². The van der Waals surface area contributed by atoms with Gasteiger partial charge in [-0.3, -0.25) is 19.2 Å². The van der Waals surface area contributed by atoms with Gasteiger partial charge in [-0.15, -0.1) is 0 Å². The van der Waals surface area contributed by atoms with Gasteiger partial charge in [0.25, 0.3) is 5.97 Å². The Balaban J connectivity index is 0.000000145. The second-order valence-corrected chi connectivity index (χ2v) is 19.3. The van der Waals surface area contributed by atoms with Gasteiger partial charge in [0.2, 0.25) is 0 Å². The molecule has 6 saturated carbocycles. The van der Waals surface area contributed by atoms with Crippen molar-refractivity contribution in [3.8, 4) is 0 Å². The summed E-state index contributed by atoms with van der Waals surface area (Å²) in [4.78, 5) is 41.4. The molecule has 0 aliphatic heterocycles. The third-order valence-electron chi connectivity index (χ3n) is 16.5. The molecule has 2 N–H and O–H groups in total. The number of carbonyl (C=O) groups excluding carboxylic acids is 2. The van der Waals surface area contributed by atoms with E-state index in [1.807, 2.05) is 0 Å². The van der Waals surface area contributed by atoms with Gasteiger partial charge in [0.1, 0.15) is 0 Å². The zero-order chi connectivity index (χ0) is 41.1. The van der Waals surface area contributed by atoms with Crippen LogP contribution in [0.5, 0.6) is 0 Å². The minimum atomic E-state index is -0.944. The van der Waals surface area contributed by atoms with Crippen LogP contribution in [0.25, 0.3) is 0 Å². The molecule has 8 heteroatoms. The molecule has 12 aliphatic rings. The van der Waals surface area contributed by atoms with Gasteiger partial charge in [0.15, 0.2) is 0 Å². The predicted molar refractivity (Wildman–Crippen MR) is 232 cm³/mol. The summed E-state index contributed by atoms with van der Waals surface area (Å²) in [6.07, 6.45) is 43.1. The fraction of sp³-hybridized carbons (Fsp3) is 0.686. The summed E-state index contributed by atoms with van der Waals surface area (Å²) in [6, 6.07) is 0. The molecule has 0 amide bonds. The van der Waals surface area contributed by atoms with Crippen LogP contribution in [0.1, 0.15) is 106 Å². The molecule has 17 unspecified atom stereocenters. The Morgan fingerprint density at radius 3 is 1.54 bits per heavy atom. The van der Waals surface area contributed by atoms with E-state index in [1.165, 1.54) is 59.7 Å². The smallest absolute Gasteiger partial charge is 0.481 e. The largest absolute Gasteiger partial charge is 1.00 e. The monoisotopic (exact) mass is 814 g/mol. The van der Waals surface area contributed by atoms with E-state index >= 15 is 0 Å². The highest BCUT2D eigenvalue weighted by atomic mass is 16.5. The number of rotatable bonds is 4. The number of carboxylic acids is 2. The van der Waals surface area contributed by atoms with Gasteiger partial charge >= 0.3 is 19.3 Å². The van der Waals surface area contributed by atoms with E-state index in [9.17, 15) is 14.4 Å². The quantitative estimate of drug-likeness (QED) is 0.212. The second-order valence-electron chi connectivity index (χ2n) is 19.3. The first kappa shape index (κ1) is 44.9. The molecule has 324 valence electrons. The van der Waals surface area contributed by atoms with Crippen LogP contribution in [0.3, 0.4) is 0 Å². The zero-order valence-electron chi connectivity index (χ0n) is 36.2. The van der Waals surface area contributed by atoms with Gasteiger partial charge in [0.05, 0.1) is 26.6 Å². The van der Waals surface area contributed by atoms with Crippen molar-refractivity contribution in [2.24, 2.45) is 101 Å². The number of carboxylic acid groups (broad SMARTS) is 2. The van der Waals surface area contributed by atoms with Gasteiger partial charge in [-0.25, -0.2) is 0 Å². The Morgan fingerprint density at radius 1 is 0.610 bits per heavy atom. The normalized spacial score (nSPS) is 40.8. The van der Waals surface area contributed by atoms with E-state index in [2.05, 4.69) is 71.6 Å². The number of aliphatic carboxylic acids is 2. The first-order valence-electron chi connectivity index (χ1n) is 22.6. The number of hydrogen-bond acceptors (Lipinski definition) is 6. The Kier molecular flexibility index (Phi) is 15.1. The van der Waals surface area contributed by atoms with Crippen LogP contribution < -0.4 is 0 Å². The number of fused-ring (bicyclic) bond motifs is 20. The first-order valence-corrected chi connectivity index (χ1v) is 22.6.